The molecule has 0 saturated heterocycles. The number of anilines is 1. The Morgan fingerprint density at radius 1 is 1.04 bits per heavy atom. The van der Waals surface area contributed by atoms with Gasteiger partial charge in [0.15, 0.2) is 11.5 Å². The van der Waals surface area contributed by atoms with Gasteiger partial charge < -0.3 is 20.1 Å². The van der Waals surface area contributed by atoms with Crippen LogP contribution in [0.3, 0.4) is 0 Å². The Labute approximate surface area is 147 Å². The minimum absolute atomic E-state index is 0.154. The van der Waals surface area contributed by atoms with Crippen LogP contribution >= 0.6 is 0 Å². The summed E-state index contributed by atoms with van der Waals surface area (Å²) in [6.45, 7) is 3.21. The molecule has 0 saturated carbocycles. The van der Waals surface area contributed by atoms with E-state index in [0.29, 0.717) is 22.9 Å². The summed E-state index contributed by atoms with van der Waals surface area (Å²) in [6, 6.07) is 14.2. The molecule has 132 valence electrons. The maximum atomic E-state index is 12.0. The van der Waals surface area contributed by atoms with E-state index < -0.39 is 0 Å². The molecule has 6 heteroatoms. The third-order valence-corrected chi connectivity index (χ3v) is 3.38. The average Bonchev–Trinajstić information content (AvgIpc) is 2.56. The van der Waals surface area contributed by atoms with E-state index in [1.54, 1.807) is 38.3 Å². The van der Waals surface area contributed by atoms with Crippen LogP contribution < -0.4 is 20.1 Å². The van der Waals surface area contributed by atoms with Gasteiger partial charge in [0.2, 0.25) is 11.8 Å². The summed E-state index contributed by atoms with van der Waals surface area (Å²) in [4.78, 5) is 22.9. The van der Waals surface area contributed by atoms with Gasteiger partial charge in [0.1, 0.15) is 5.75 Å². The van der Waals surface area contributed by atoms with Gasteiger partial charge in [-0.15, -0.1) is 0 Å². The highest BCUT2D eigenvalue weighted by atomic mass is 16.5. The van der Waals surface area contributed by atoms with E-state index in [4.69, 9.17) is 9.47 Å². The predicted octanol–water partition coefficient (Wildman–Crippen LogP) is 3.34. The largest absolute Gasteiger partial charge is 0.493 e. The van der Waals surface area contributed by atoms with Gasteiger partial charge in [-0.05, 0) is 43.3 Å². The fourth-order valence-corrected chi connectivity index (χ4v) is 2.32. The molecule has 2 aromatic rings. The van der Waals surface area contributed by atoms with E-state index in [9.17, 15) is 9.59 Å². The highest BCUT2D eigenvalue weighted by Crippen LogP contribution is 2.31. The fraction of sp³-hybridized carbons (Fsp3) is 0.263. The zero-order chi connectivity index (χ0) is 18.2. The van der Waals surface area contributed by atoms with Crippen LogP contribution in [0.4, 0.5) is 5.69 Å². The lowest BCUT2D eigenvalue weighted by Gasteiger charge is -2.13. The van der Waals surface area contributed by atoms with Gasteiger partial charge in [-0.1, -0.05) is 12.1 Å². The minimum Gasteiger partial charge on any atom is -0.493 e. The van der Waals surface area contributed by atoms with Crippen molar-refractivity contribution in [2.24, 2.45) is 0 Å². The molecular weight excluding hydrogens is 320 g/mol. The standard InChI is InChI=1S/C19H22N2O4/c1-13(20-14(2)22)12-19(23)21-15-8-10-16(11-9-15)25-18-7-5-4-6-17(18)24-3/h4-11,13H,12H2,1-3H3,(H,20,22)(H,21,23). The number of ether oxygens (including phenoxy) is 2. The average molecular weight is 342 g/mol. The highest BCUT2D eigenvalue weighted by Gasteiger charge is 2.10. The monoisotopic (exact) mass is 342 g/mol. The number of methoxy groups -OCH3 is 1. The van der Waals surface area contributed by atoms with Gasteiger partial charge in [0.05, 0.1) is 7.11 Å². The molecule has 2 rings (SSSR count). The van der Waals surface area contributed by atoms with E-state index in [-0.39, 0.29) is 24.3 Å². The number of carbonyl (C=O) groups excluding carboxylic acids is 2. The molecule has 2 N–H and O–H groups in total. The van der Waals surface area contributed by atoms with Crippen molar-refractivity contribution in [3.05, 3.63) is 48.5 Å². The predicted molar refractivity (Wildman–Crippen MR) is 96.0 cm³/mol. The zero-order valence-corrected chi connectivity index (χ0v) is 14.5. The number of para-hydroxylation sites is 2. The number of hydrogen-bond donors (Lipinski definition) is 2. The molecule has 0 aliphatic rings. The van der Waals surface area contributed by atoms with Crippen molar-refractivity contribution in [2.45, 2.75) is 26.3 Å². The smallest absolute Gasteiger partial charge is 0.226 e. The summed E-state index contributed by atoms with van der Waals surface area (Å²) in [5.41, 5.74) is 0.660. The number of hydrogen-bond acceptors (Lipinski definition) is 4. The van der Waals surface area contributed by atoms with Crippen molar-refractivity contribution >= 4 is 17.5 Å². The van der Waals surface area contributed by atoms with E-state index in [2.05, 4.69) is 10.6 Å². The van der Waals surface area contributed by atoms with E-state index in [0.717, 1.165) is 0 Å². The molecule has 0 aliphatic carbocycles. The Morgan fingerprint density at radius 3 is 2.28 bits per heavy atom. The molecule has 1 atom stereocenters. The van der Waals surface area contributed by atoms with Gasteiger partial charge in [0, 0.05) is 25.1 Å². The van der Waals surface area contributed by atoms with E-state index in [1.807, 2.05) is 24.3 Å². The second-order valence-electron chi connectivity index (χ2n) is 5.63. The van der Waals surface area contributed by atoms with Crippen LogP contribution in [0.5, 0.6) is 17.2 Å². The van der Waals surface area contributed by atoms with Crippen LogP contribution in [-0.4, -0.2) is 25.0 Å². The highest BCUT2D eigenvalue weighted by molar-refractivity contribution is 5.91. The van der Waals surface area contributed by atoms with Crippen LogP contribution in [0.2, 0.25) is 0 Å². The summed E-state index contributed by atoms with van der Waals surface area (Å²) >= 11 is 0. The Kier molecular flexibility index (Phi) is 6.39. The van der Waals surface area contributed by atoms with Gasteiger partial charge in [-0.3, -0.25) is 9.59 Å². The molecular formula is C19H22N2O4. The first-order valence-electron chi connectivity index (χ1n) is 7.96. The molecule has 0 spiro atoms. The van der Waals surface area contributed by atoms with Crippen molar-refractivity contribution in [3.63, 3.8) is 0 Å². The van der Waals surface area contributed by atoms with Crippen molar-refractivity contribution in [2.75, 3.05) is 12.4 Å². The Balaban J connectivity index is 1.93. The first kappa shape index (κ1) is 18.3. The first-order chi connectivity index (χ1) is 12.0. The van der Waals surface area contributed by atoms with Crippen LogP contribution in [-0.2, 0) is 9.59 Å². The van der Waals surface area contributed by atoms with Gasteiger partial charge in [-0.25, -0.2) is 0 Å². The lowest BCUT2D eigenvalue weighted by atomic mass is 10.2. The Morgan fingerprint density at radius 2 is 1.68 bits per heavy atom. The Hall–Kier alpha value is -3.02. The number of nitrogens with one attached hydrogen (secondary N) is 2. The molecule has 1 unspecified atom stereocenters. The second kappa shape index (κ2) is 8.73. The maximum absolute atomic E-state index is 12.0. The topological polar surface area (TPSA) is 76.7 Å². The van der Waals surface area contributed by atoms with E-state index >= 15 is 0 Å². The molecule has 0 bridgehead atoms. The third-order valence-electron chi connectivity index (χ3n) is 3.38. The van der Waals surface area contributed by atoms with Crippen molar-refractivity contribution in [3.8, 4) is 17.2 Å². The lowest BCUT2D eigenvalue weighted by Crippen LogP contribution is -2.33. The number of carbonyl (C=O) groups is 2. The van der Waals surface area contributed by atoms with Gasteiger partial charge in [-0.2, -0.15) is 0 Å². The molecule has 0 fully saturated rings. The lowest BCUT2D eigenvalue weighted by molar-refractivity contribution is -0.120. The van der Waals surface area contributed by atoms with Gasteiger partial charge >= 0.3 is 0 Å². The molecule has 6 nitrogen and oxygen atoms in total. The Bertz CT molecular complexity index is 728. The SMILES string of the molecule is COc1ccccc1Oc1ccc(NC(=O)CC(C)NC(C)=O)cc1. The third kappa shape index (κ3) is 5.84. The zero-order valence-electron chi connectivity index (χ0n) is 14.5. The molecule has 0 aromatic heterocycles. The molecule has 25 heavy (non-hydrogen) atoms. The normalized spacial score (nSPS) is 11.3. The number of benzene rings is 2. The number of rotatable bonds is 7. The summed E-state index contributed by atoms with van der Waals surface area (Å²) in [6.07, 6.45) is 0.207. The maximum Gasteiger partial charge on any atom is 0.226 e. The van der Waals surface area contributed by atoms with Crippen molar-refractivity contribution in [1.29, 1.82) is 0 Å². The van der Waals surface area contributed by atoms with Crippen LogP contribution in [0.15, 0.2) is 48.5 Å². The minimum atomic E-state index is -0.217. The molecule has 2 aromatic carbocycles. The molecule has 0 radical (unpaired) electrons. The summed E-state index contributed by atoms with van der Waals surface area (Å²) in [5.74, 6) is 1.57. The summed E-state index contributed by atoms with van der Waals surface area (Å²) in [7, 11) is 1.59. The van der Waals surface area contributed by atoms with Crippen molar-refractivity contribution in [1.82, 2.24) is 5.32 Å². The molecule has 0 aliphatic heterocycles. The van der Waals surface area contributed by atoms with Crippen LogP contribution in [0.1, 0.15) is 20.3 Å². The van der Waals surface area contributed by atoms with Gasteiger partial charge in [0.25, 0.3) is 0 Å². The number of amides is 2. The van der Waals surface area contributed by atoms with Crippen LogP contribution in [0.25, 0.3) is 0 Å². The first-order valence-corrected chi connectivity index (χ1v) is 7.96. The molecule has 2 amide bonds. The van der Waals surface area contributed by atoms with Crippen LogP contribution in [0, 0.1) is 0 Å². The van der Waals surface area contributed by atoms with E-state index in [1.165, 1.54) is 6.92 Å². The summed E-state index contributed by atoms with van der Waals surface area (Å²) in [5, 5.41) is 5.46. The summed E-state index contributed by atoms with van der Waals surface area (Å²) < 4.78 is 11.0. The van der Waals surface area contributed by atoms with Crippen molar-refractivity contribution < 1.29 is 19.1 Å². The molecule has 0 heterocycles. The second-order valence-corrected chi connectivity index (χ2v) is 5.63. The fourth-order valence-electron chi connectivity index (χ4n) is 2.32. The quantitative estimate of drug-likeness (QED) is 0.809.